The van der Waals surface area contributed by atoms with Crippen LogP contribution in [0.25, 0.3) is 0 Å². The zero-order valence-corrected chi connectivity index (χ0v) is 7.86. The van der Waals surface area contributed by atoms with Crippen LogP contribution in [-0.4, -0.2) is 7.11 Å². The molecule has 1 aliphatic carbocycles. The van der Waals surface area contributed by atoms with Crippen LogP contribution in [0.15, 0.2) is 36.4 Å². The molecule has 1 heteroatoms. The molecule has 1 aromatic rings. The number of ether oxygens (including phenoxy) is 1. The first-order valence-corrected chi connectivity index (χ1v) is 4.71. The Morgan fingerprint density at radius 2 is 2.15 bits per heavy atom. The Balaban J connectivity index is 2.32. The molecule has 0 aromatic heterocycles. The Hall–Kier alpha value is -1.24. The molecule has 1 aliphatic rings. The fourth-order valence-electron chi connectivity index (χ4n) is 1.86. The van der Waals surface area contributed by atoms with Crippen LogP contribution in [0.2, 0.25) is 0 Å². The Morgan fingerprint density at radius 1 is 1.31 bits per heavy atom. The molecule has 0 saturated heterocycles. The molecule has 0 heterocycles. The molecule has 0 N–H and O–H groups in total. The minimum Gasteiger partial charge on any atom is -0.496 e. The van der Waals surface area contributed by atoms with Crippen LogP contribution < -0.4 is 4.74 Å². The summed E-state index contributed by atoms with van der Waals surface area (Å²) >= 11 is 0. The molecule has 0 fully saturated rings. The Kier molecular flexibility index (Phi) is 2.35. The lowest BCUT2D eigenvalue weighted by Gasteiger charge is -2.12. The average Bonchev–Trinajstić information content (AvgIpc) is 2.70. The summed E-state index contributed by atoms with van der Waals surface area (Å²) in [4.78, 5) is 0. The first kappa shape index (κ1) is 8.36. The summed E-state index contributed by atoms with van der Waals surface area (Å²) in [6.45, 7) is 0. The van der Waals surface area contributed by atoms with Crippen molar-refractivity contribution in [2.45, 2.75) is 18.8 Å². The normalized spacial score (nSPS) is 20.5. The van der Waals surface area contributed by atoms with E-state index >= 15 is 0 Å². The second-order valence-corrected chi connectivity index (χ2v) is 3.35. The van der Waals surface area contributed by atoms with E-state index in [1.54, 1.807) is 7.11 Å². The van der Waals surface area contributed by atoms with Crippen molar-refractivity contribution in [3.63, 3.8) is 0 Å². The topological polar surface area (TPSA) is 9.23 Å². The highest BCUT2D eigenvalue weighted by Crippen LogP contribution is 2.33. The standard InChI is InChI=1S/C12H14O/c1-13-12-9-5-4-8-11(12)10-6-2-3-7-10/h2,4-6,8-10H,3,7H2,1H3/t10-/m1/s1. The molecule has 1 atom stereocenters. The van der Waals surface area contributed by atoms with Crippen molar-refractivity contribution in [3.05, 3.63) is 42.0 Å². The average molecular weight is 174 g/mol. The van der Waals surface area contributed by atoms with Gasteiger partial charge in [-0.05, 0) is 18.9 Å². The number of rotatable bonds is 2. The largest absolute Gasteiger partial charge is 0.496 e. The van der Waals surface area contributed by atoms with Crippen LogP contribution in [0.1, 0.15) is 24.3 Å². The van der Waals surface area contributed by atoms with Gasteiger partial charge in [0.1, 0.15) is 5.75 Å². The minimum atomic E-state index is 0.566. The fourth-order valence-corrected chi connectivity index (χ4v) is 1.86. The van der Waals surface area contributed by atoms with Gasteiger partial charge in [-0.15, -0.1) is 0 Å². The molecule has 0 radical (unpaired) electrons. The van der Waals surface area contributed by atoms with Gasteiger partial charge in [-0.3, -0.25) is 0 Å². The van der Waals surface area contributed by atoms with Gasteiger partial charge in [0.2, 0.25) is 0 Å². The summed E-state index contributed by atoms with van der Waals surface area (Å²) in [6.07, 6.45) is 6.94. The molecular weight excluding hydrogens is 160 g/mol. The van der Waals surface area contributed by atoms with Gasteiger partial charge in [0.25, 0.3) is 0 Å². The third-order valence-electron chi connectivity index (χ3n) is 2.55. The second-order valence-electron chi connectivity index (χ2n) is 3.35. The number of methoxy groups -OCH3 is 1. The van der Waals surface area contributed by atoms with Gasteiger partial charge in [-0.2, -0.15) is 0 Å². The number of hydrogen-bond acceptors (Lipinski definition) is 1. The van der Waals surface area contributed by atoms with Gasteiger partial charge in [-0.25, -0.2) is 0 Å². The second kappa shape index (κ2) is 3.65. The van der Waals surface area contributed by atoms with Crippen molar-refractivity contribution < 1.29 is 4.74 Å². The summed E-state index contributed by atoms with van der Waals surface area (Å²) in [5, 5.41) is 0. The van der Waals surface area contributed by atoms with Crippen molar-refractivity contribution in [1.82, 2.24) is 0 Å². The highest BCUT2D eigenvalue weighted by molar-refractivity contribution is 5.39. The van der Waals surface area contributed by atoms with E-state index in [1.165, 1.54) is 18.4 Å². The van der Waals surface area contributed by atoms with Crippen LogP contribution in [0.5, 0.6) is 5.75 Å². The van der Waals surface area contributed by atoms with E-state index in [0.29, 0.717) is 5.92 Å². The predicted molar refractivity (Wildman–Crippen MR) is 54.1 cm³/mol. The molecule has 0 aliphatic heterocycles. The molecule has 0 spiro atoms. The fraction of sp³-hybridized carbons (Fsp3) is 0.333. The number of benzene rings is 1. The van der Waals surface area contributed by atoms with Crippen LogP contribution in [0, 0.1) is 0 Å². The molecule has 1 aromatic carbocycles. The summed E-state index contributed by atoms with van der Waals surface area (Å²) in [7, 11) is 1.73. The molecule has 1 nitrogen and oxygen atoms in total. The van der Waals surface area contributed by atoms with E-state index in [1.807, 2.05) is 12.1 Å². The Bertz CT molecular complexity index is 315. The maximum atomic E-state index is 5.32. The molecule has 2 rings (SSSR count). The lowest BCUT2D eigenvalue weighted by Crippen LogP contribution is -1.95. The van der Waals surface area contributed by atoms with Crippen molar-refractivity contribution in [2.24, 2.45) is 0 Å². The van der Waals surface area contributed by atoms with E-state index in [4.69, 9.17) is 4.74 Å². The zero-order valence-electron chi connectivity index (χ0n) is 7.86. The SMILES string of the molecule is COc1ccccc1[C@@H]1C=CCC1. The Morgan fingerprint density at radius 3 is 2.85 bits per heavy atom. The summed E-state index contributed by atoms with van der Waals surface area (Å²) in [5.74, 6) is 1.58. The maximum absolute atomic E-state index is 5.32. The van der Waals surface area contributed by atoms with Gasteiger partial charge in [-0.1, -0.05) is 30.4 Å². The predicted octanol–water partition coefficient (Wildman–Crippen LogP) is 3.13. The van der Waals surface area contributed by atoms with E-state index in [0.717, 1.165) is 5.75 Å². The highest BCUT2D eigenvalue weighted by atomic mass is 16.5. The van der Waals surface area contributed by atoms with Crippen LogP contribution in [0.3, 0.4) is 0 Å². The molecule has 68 valence electrons. The molecule has 0 unspecified atom stereocenters. The molecule has 0 bridgehead atoms. The molecule has 0 saturated carbocycles. The van der Waals surface area contributed by atoms with Gasteiger partial charge < -0.3 is 4.74 Å². The third kappa shape index (κ3) is 1.59. The first-order valence-electron chi connectivity index (χ1n) is 4.71. The zero-order chi connectivity index (χ0) is 9.10. The van der Waals surface area contributed by atoms with E-state index < -0.39 is 0 Å². The molecule has 0 amide bonds. The van der Waals surface area contributed by atoms with Crippen molar-refractivity contribution in [3.8, 4) is 5.75 Å². The monoisotopic (exact) mass is 174 g/mol. The van der Waals surface area contributed by atoms with Gasteiger partial charge in [0.15, 0.2) is 0 Å². The van der Waals surface area contributed by atoms with Crippen LogP contribution in [0.4, 0.5) is 0 Å². The number of hydrogen-bond donors (Lipinski definition) is 0. The quantitative estimate of drug-likeness (QED) is 0.626. The summed E-state index contributed by atoms with van der Waals surface area (Å²) in [5.41, 5.74) is 1.32. The van der Waals surface area contributed by atoms with Crippen LogP contribution in [-0.2, 0) is 0 Å². The summed E-state index contributed by atoms with van der Waals surface area (Å²) < 4.78 is 5.32. The van der Waals surface area contributed by atoms with E-state index in [-0.39, 0.29) is 0 Å². The maximum Gasteiger partial charge on any atom is 0.122 e. The van der Waals surface area contributed by atoms with Crippen LogP contribution >= 0.6 is 0 Å². The molecule has 13 heavy (non-hydrogen) atoms. The minimum absolute atomic E-state index is 0.566. The van der Waals surface area contributed by atoms with Gasteiger partial charge in [0, 0.05) is 11.5 Å². The number of allylic oxidation sites excluding steroid dienone is 2. The molecular formula is C12H14O. The summed E-state index contributed by atoms with van der Waals surface area (Å²) in [6, 6.07) is 8.27. The van der Waals surface area contributed by atoms with Crippen molar-refractivity contribution in [1.29, 1.82) is 0 Å². The third-order valence-corrected chi connectivity index (χ3v) is 2.55. The first-order chi connectivity index (χ1) is 6.42. The smallest absolute Gasteiger partial charge is 0.122 e. The van der Waals surface area contributed by atoms with E-state index in [9.17, 15) is 0 Å². The number of para-hydroxylation sites is 1. The van der Waals surface area contributed by atoms with Gasteiger partial charge in [0.05, 0.1) is 7.11 Å². The Labute approximate surface area is 79.0 Å². The van der Waals surface area contributed by atoms with Gasteiger partial charge >= 0.3 is 0 Å². The lowest BCUT2D eigenvalue weighted by atomic mass is 9.98. The van der Waals surface area contributed by atoms with E-state index in [2.05, 4.69) is 24.3 Å². The van der Waals surface area contributed by atoms with Crippen molar-refractivity contribution in [2.75, 3.05) is 7.11 Å². The highest BCUT2D eigenvalue weighted by Gasteiger charge is 2.14. The van der Waals surface area contributed by atoms with Crippen molar-refractivity contribution >= 4 is 0 Å². The lowest BCUT2D eigenvalue weighted by molar-refractivity contribution is 0.407.